The van der Waals surface area contributed by atoms with Crippen LogP contribution in [0.2, 0.25) is 0 Å². The lowest BCUT2D eigenvalue weighted by molar-refractivity contribution is -0.141. The van der Waals surface area contributed by atoms with Gasteiger partial charge in [-0.1, -0.05) is 55.0 Å². The molecule has 26 nitrogen and oxygen atoms in total. The maximum absolute atomic E-state index is 13.9. The van der Waals surface area contributed by atoms with E-state index in [-0.39, 0.29) is 76.5 Å². The van der Waals surface area contributed by atoms with E-state index < -0.39 is 72.8 Å². The number of β-amino-alcohol motifs (C(OH)–C–C–N with tert-alkyl or cyclic N) is 1. The number of nitrogens with zero attached hydrogens (tertiary/aromatic N) is 5. The Labute approximate surface area is 513 Å². The van der Waals surface area contributed by atoms with E-state index in [0.29, 0.717) is 88.5 Å². The molecule has 0 aliphatic carbocycles. The zero-order valence-corrected chi connectivity index (χ0v) is 50.7. The molecule has 1 heterocycles. The number of hydrogen-bond acceptors (Lipinski definition) is 16. The molecule has 0 saturated carbocycles. The van der Waals surface area contributed by atoms with Crippen molar-refractivity contribution >= 4 is 99.0 Å². The van der Waals surface area contributed by atoms with Gasteiger partial charge in [0, 0.05) is 106 Å². The molecule has 1 saturated heterocycles. The number of amides is 7. The lowest BCUT2D eigenvalue weighted by atomic mass is 10.0. The van der Waals surface area contributed by atoms with Crippen molar-refractivity contribution in [2.24, 2.45) is 22.9 Å². The van der Waals surface area contributed by atoms with Gasteiger partial charge in [0.25, 0.3) is 5.91 Å². The SMILES string of the molecule is NC(=O)CN1CCN(CC(N)=O)CCN(CC(N)O)C(Cc2ccc(NC(=S)CCCCCC(=O)NCc3ccc(C(=O)N(CCCC[C@@H](NC(=O)N[C@H](CCC(=O)O)C(=O)O)C(=O)O)Cc4ccc(I)cc4)cc3)cc2)CN(CC(N)=O)CC1. The number of aliphatic hydroxyl groups is 1. The second kappa shape index (κ2) is 37.5. The van der Waals surface area contributed by atoms with Gasteiger partial charge in [0.05, 0.1) is 24.6 Å². The van der Waals surface area contributed by atoms with Crippen LogP contribution in [0.25, 0.3) is 0 Å². The van der Waals surface area contributed by atoms with Crippen molar-refractivity contribution in [1.82, 2.24) is 40.4 Å². The standard InChI is InChI=1S/C57H82IN13O13S/c58-42-17-11-40(12-18-42)32-71(23-5-4-6-45(55(80)81)65-57(84)66-46(56(82)83)21-22-53(77)78)54(79)41-15-9-39(10-16-41)31-63-51(76)7-2-1-3-8-52(85)64-43-19-13-38(14-20-43)30-44-33-69(36-49(61)74)27-26-67(34-47(59)72)24-25-68(35-48(60)73)28-29-70(44)37-50(62)75/h9-20,44-46,50,75H,1-8,21-37,62H2,(H2,59,72)(H2,60,73)(H2,61,74)(H,63,76)(H,64,85)(H,77,78)(H,80,81)(H,82,83)(H2,65,66,84)/t44?,45-,46-,50?/m1/s1. The van der Waals surface area contributed by atoms with Crippen LogP contribution in [-0.4, -0.2) is 206 Å². The molecule has 0 radical (unpaired) electrons. The van der Waals surface area contributed by atoms with Crippen molar-refractivity contribution in [2.75, 3.05) is 83.9 Å². The first-order chi connectivity index (χ1) is 40.4. The Morgan fingerprint density at radius 1 is 0.635 bits per heavy atom. The Hall–Kier alpha value is -6.93. The van der Waals surface area contributed by atoms with Gasteiger partial charge in [0.1, 0.15) is 18.3 Å². The number of carbonyl (C=O) groups excluding carboxylic acids is 6. The second-order valence-corrected chi connectivity index (χ2v) is 22.8. The van der Waals surface area contributed by atoms with Gasteiger partial charge in [-0.3, -0.25) is 48.4 Å². The molecule has 1 aliphatic rings. The molecule has 0 spiro atoms. The average molecular weight is 1320 g/mol. The number of carboxylic acid groups (broad SMARTS) is 3. The highest BCUT2D eigenvalue weighted by Crippen LogP contribution is 2.19. The molecule has 7 amide bonds. The van der Waals surface area contributed by atoms with E-state index in [2.05, 4.69) is 43.9 Å². The van der Waals surface area contributed by atoms with Crippen molar-refractivity contribution in [3.63, 3.8) is 0 Å². The normalized spacial score (nSPS) is 15.8. The molecule has 1 aliphatic heterocycles. The Bertz CT molecular complexity index is 2690. The van der Waals surface area contributed by atoms with Crippen molar-refractivity contribution in [2.45, 2.75) is 108 Å². The summed E-state index contributed by atoms with van der Waals surface area (Å²) >= 11 is 7.86. The summed E-state index contributed by atoms with van der Waals surface area (Å²) in [5.41, 5.74) is 26.6. The minimum Gasteiger partial charge on any atom is -0.481 e. The Morgan fingerprint density at radius 3 is 1.73 bits per heavy atom. The van der Waals surface area contributed by atoms with Crippen LogP contribution in [0.5, 0.6) is 0 Å². The highest BCUT2D eigenvalue weighted by molar-refractivity contribution is 14.1. The number of primary amides is 3. The number of aliphatic hydroxyl groups excluding tert-OH is 1. The fraction of sp³-hybridized carbons (Fsp3) is 0.509. The van der Waals surface area contributed by atoms with E-state index >= 15 is 0 Å². The van der Waals surface area contributed by atoms with Crippen LogP contribution in [0.4, 0.5) is 10.5 Å². The number of halogens is 1. The monoisotopic (exact) mass is 1320 g/mol. The number of nitrogens with two attached hydrogens (primary N) is 4. The maximum Gasteiger partial charge on any atom is 0.326 e. The van der Waals surface area contributed by atoms with Crippen molar-refractivity contribution < 1.29 is 63.6 Å². The summed E-state index contributed by atoms with van der Waals surface area (Å²) in [6, 6.07) is 18.1. The number of urea groups is 1. The van der Waals surface area contributed by atoms with E-state index in [4.69, 9.17) is 40.3 Å². The van der Waals surface area contributed by atoms with Gasteiger partial charge in [0.2, 0.25) is 23.6 Å². The number of thiocarbonyl (C=S) groups is 1. The van der Waals surface area contributed by atoms with Crippen LogP contribution in [0, 0.1) is 3.57 Å². The number of carboxylic acids is 3. The van der Waals surface area contributed by atoms with Crippen molar-refractivity contribution in [3.05, 3.63) is 98.6 Å². The Kier molecular flexibility index (Phi) is 31.1. The molecule has 28 heteroatoms. The third-order valence-corrected chi connectivity index (χ3v) is 15.0. The predicted molar refractivity (Wildman–Crippen MR) is 329 cm³/mol. The number of aliphatic carboxylic acids is 3. The summed E-state index contributed by atoms with van der Waals surface area (Å²) in [6.45, 7) is 3.65. The molecule has 3 aromatic rings. The first-order valence-corrected chi connectivity index (χ1v) is 29.6. The Balaban J connectivity index is 1.25. The predicted octanol–water partition coefficient (Wildman–Crippen LogP) is 1.05. The number of nitrogens with one attached hydrogen (secondary N) is 4. The largest absolute Gasteiger partial charge is 0.481 e. The Morgan fingerprint density at radius 2 is 1.16 bits per heavy atom. The quantitative estimate of drug-likeness (QED) is 0.0172. The van der Waals surface area contributed by atoms with Gasteiger partial charge < -0.3 is 69.5 Å². The van der Waals surface area contributed by atoms with Crippen LogP contribution in [-0.2, 0) is 53.1 Å². The molecule has 16 N–H and O–H groups in total. The van der Waals surface area contributed by atoms with E-state index in [9.17, 15) is 58.5 Å². The van der Waals surface area contributed by atoms with Gasteiger partial charge >= 0.3 is 23.9 Å². The second-order valence-electron chi connectivity index (χ2n) is 21.1. The van der Waals surface area contributed by atoms with Gasteiger partial charge in [-0.05, 0) is 127 Å². The van der Waals surface area contributed by atoms with Crippen LogP contribution < -0.4 is 44.2 Å². The molecular formula is C57H82IN13O13S. The summed E-state index contributed by atoms with van der Waals surface area (Å²) in [7, 11) is 0. The summed E-state index contributed by atoms with van der Waals surface area (Å²) < 4.78 is 1.01. The van der Waals surface area contributed by atoms with Crippen LogP contribution in [0.3, 0.4) is 0 Å². The minimum atomic E-state index is -1.53. The highest BCUT2D eigenvalue weighted by Gasteiger charge is 2.28. The van der Waals surface area contributed by atoms with E-state index in [1.807, 2.05) is 68.1 Å². The van der Waals surface area contributed by atoms with Gasteiger partial charge in [-0.25, -0.2) is 14.4 Å². The van der Waals surface area contributed by atoms with Crippen LogP contribution >= 0.6 is 34.8 Å². The fourth-order valence-corrected chi connectivity index (χ4v) is 10.2. The molecule has 3 aromatic carbocycles. The first-order valence-electron chi connectivity index (χ1n) is 28.1. The van der Waals surface area contributed by atoms with Gasteiger partial charge in [-0.15, -0.1) is 0 Å². The number of unbranched alkanes of at least 4 members (excludes halogenated alkanes) is 3. The number of rotatable bonds is 34. The summed E-state index contributed by atoms with van der Waals surface area (Å²) in [5, 5.41) is 49.0. The van der Waals surface area contributed by atoms with Crippen molar-refractivity contribution in [3.8, 4) is 0 Å². The van der Waals surface area contributed by atoms with E-state index in [1.54, 1.807) is 29.2 Å². The molecule has 1 fully saturated rings. The molecule has 85 heavy (non-hydrogen) atoms. The minimum absolute atomic E-state index is 0.00700. The van der Waals surface area contributed by atoms with Crippen LogP contribution in [0.15, 0.2) is 72.8 Å². The number of anilines is 1. The van der Waals surface area contributed by atoms with Gasteiger partial charge in [0.15, 0.2) is 0 Å². The zero-order valence-electron chi connectivity index (χ0n) is 47.7. The smallest absolute Gasteiger partial charge is 0.326 e. The molecule has 466 valence electrons. The molecular weight excluding hydrogens is 1230 g/mol. The highest BCUT2D eigenvalue weighted by atomic mass is 127. The number of benzene rings is 3. The molecule has 0 aromatic heterocycles. The van der Waals surface area contributed by atoms with E-state index in [1.165, 1.54) is 0 Å². The molecule has 4 rings (SSSR count). The van der Waals surface area contributed by atoms with E-state index in [0.717, 1.165) is 38.8 Å². The average Bonchev–Trinajstić information content (AvgIpc) is 3.65. The van der Waals surface area contributed by atoms with Crippen molar-refractivity contribution in [1.29, 1.82) is 0 Å². The molecule has 0 bridgehead atoms. The maximum atomic E-state index is 13.9. The lowest BCUT2D eigenvalue weighted by Crippen LogP contribution is -2.55. The zero-order chi connectivity index (χ0) is 62.4. The third-order valence-electron chi connectivity index (χ3n) is 14.0. The lowest BCUT2D eigenvalue weighted by Gasteiger charge is -2.39. The van der Waals surface area contributed by atoms with Crippen LogP contribution in [0.1, 0.15) is 91.3 Å². The third kappa shape index (κ3) is 28.7. The first kappa shape index (κ1) is 70.6. The molecule has 4 atom stereocenters. The van der Waals surface area contributed by atoms with Gasteiger partial charge in [-0.2, -0.15) is 0 Å². The summed E-state index contributed by atoms with van der Waals surface area (Å²) in [6.07, 6.45) is 2.11. The summed E-state index contributed by atoms with van der Waals surface area (Å²) in [5.74, 6) is -5.98. The molecule has 2 unspecified atom stereocenters. The summed E-state index contributed by atoms with van der Waals surface area (Å²) in [4.78, 5) is 120. The number of carbonyl (C=O) groups is 9. The number of hydrogen-bond donors (Lipinski definition) is 12. The fourth-order valence-electron chi connectivity index (χ4n) is 9.60. The topological polar surface area (TPSA) is 403 Å².